The lowest BCUT2D eigenvalue weighted by molar-refractivity contribution is 0.0509. The minimum Gasteiger partial charge on any atom is -0.314 e. The summed E-state index contributed by atoms with van der Waals surface area (Å²) in [6, 6.07) is 15.7. The van der Waals surface area contributed by atoms with Gasteiger partial charge in [0.25, 0.3) is 5.91 Å². The third-order valence-corrected chi connectivity index (χ3v) is 4.44. The molecule has 5 heteroatoms. The average molecular weight is 361 g/mol. The van der Waals surface area contributed by atoms with Crippen LogP contribution in [0.5, 0.6) is 0 Å². The van der Waals surface area contributed by atoms with E-state index in [1.807, 2.05) is 51.1 Å². The second-order valence-corrected chi connectivity index (χ2v) is 7.17. The van der Waals surface area contributed by atoms with Crippen molar-refractivity contribution in [3.63, 3.8) is 0 Å². The van der Waals surface area contributed by atoms with Crippen molar-refractivity contribution >= 4 is 29.1 Å². The third-order valence-electron chi connectivity index (χ3n) is 3.62. The van der Waals surface area contributed by atoms with Crippen molar-refractivity contribution < 1.29 is 4.79 Å². The number of halogens is 2. The summed E-state index contributed by atoms with van der Waals surface area (Å²) in [6.45, 7) is 5.66. The smallest absolute Gasteiger partial charge is 0.257 e. The van der Waals surface area contributed by atoms with Gasteiger partial charge in [0.05, 0.1) is 21.7 Å². The fourth-order valence-corrected chi connectivity index (χ4v) is 2.91. The molecule has 2 aromatic rings. The molecule has 0 radical (unpaired) electrons. The first kappa shape index (κ1) is 18.3. The predicted octanol–water partition coefficient (Wildman–Crippen LogP) is 5.50. The Morgan fingerprint density at radius 1 is 1.08 bits per heavy atom. The summed E-state index contributed by atoms with van der Waals surface area (Å²) < 4.78 is 0. The van der Waals surface area contributed by atoms with Gasteiger partial charge in [0.1, 0.15) is 6.04 Å². The highest BCUT2D eigenvalue weighted by Crippen LogP contribution is 2.33. The molecular weight excluding hydrogens is 343 g/mol. The molecule has 0 aliphatic heterocycles. The Labute approximate surface area is 152 Å². The lowest BCUT2D eigenvalue weighted by Crippen LogP contribution is -2.47. The van der Waals surface area contributed by atoms with Crippen LogP contribution in [0.25, 0.3) is 0 Å². The Bertz CT molecular complexity index is 776. The van der Waals surface area contributed by atoms with Gasteiger partial charge < -0.3 is 4.90 Å². The van der Waals surface area contributed by atoms with Crippen LogP contribution in [-0.2, 0) is 0 Å². The molecule has 1 amide bonds. The second kappa shape index (κ2) is 7.25. The molecule has 1 atom stereocenters. The molecule has 124 valence electrons. The van der Waals surface area contributed by atoms with Gasteiger partial charge >= 0.3 is 0 Å². The summed E-state index contributed by atoms with van der Waals surface area (Å²) in [4.78, 5) is 14.7. The zero-order valence-corrected chi connectivity index (χ0v) is 15.3. The van der Waals surface area contributed by atoms with Crippen molar-refractivity contribution in [1.82, 2.24) is 4.90 Å². The zero-order chi connectivity index (χ0) is 17.9. The van der Waals surface area contributed by atoms with E-state index < -0.39 is 11.6 Å². The quantitative estimate of drug-likeness (QED) is 0.725. The fourth-order valence-electron chi connectivity index (χ4n) is 2.52. The van der Waals surface area contributed by atoms with Crippen molar-refractivity contribution in [3.8, 4) is 6.07 Å². The van der Waals surface area contributed by atoms with Gasteiger partial charge in [-0.1, -0.05) is 59.6 Å². The molecule has 0 fully saturated rings. The highest BCUT2D eigenvalue weighted by Gasteiger charge is 2.35. The Hall–Kier alpha value is -2.02. The number of hydrogen-bond acceptors (Lipinski definition) is 2. The summed E-state index contributed by atoms with van der Waals surface area (Å²) in [7, 11) is 0. The van der Waals surface area contributed by atoms with E-state index in [0.717, 1.165) is 5.56 Å². The van der Waals surface area contributed by atoms with E-state index in [1.54, 1.807) is 23.1 Å². The van der Waals surface area contributed by atoms with Crippen molar-refractivity contribution in [2.45, 2.75) is 32.4 Å². The highest BCUT2D eigenvalue weighted by molar-refractivity contribution is 6.43. The van der Waals surface area contributed by atoms with E-state index in [-0.39, 0.29) is 16.5 Å². The molecule has 2 aromatic carbocycles. The standard InChI is InChI=1S/C19H18Cl2N2O/c1-19(2,3)23(16(12-22)13-8-5-4-6-9-13)18(24)14-10-7-11-15(20)17(14)21/h4-11,16H,1-3H3. The first-order chi connectivity index (χ1) is 11.3. The van der Waals surface area contributed by atoms with Crippen LogP contribution < -0.4 is 0 Å². The van der Waals surface area contributed by atoms with Crippen molar-refractivity contribution in [1.29, 1.82) is 5.26 Å². The third kappa shape index (κ3) is 3.72. The maximum Gasteiger partial charge on any atom is 0.257 e. The molecule has 0 bridgehead atoms. The van der Waals surface area contributed by atoms with Crippen molar-refractivity contribution in [2.24, 2.45) is 0 Å². The molecule has 0 N–H and O–H groups in total. The lowest BCUT2D eigenvalue weighted by atomic mass is 9.97. The molecule has 0 heterocycles. The molecule has 0 saturated carbocycles. The van der Waals surface area contributed by atoms with Gasteiger partial charge in [-0.25, -0.2) is 0 Å². The minimum absolute atomic E-state index is 0.197. The van der Waals surface area contributed by atoms with Gasteiger partial charge in [-0.2, -0.15) is 5.26 Å². The summed E-state index contributed by atoms with van der Waals surface area (Å²) in [5.41, 5.74) is 0.454. The largest absolute Gasteiger partial charge is 0.314 e. The molecule has 0 aliphatic rings. The van der Waals surface area contributed by atoms with E-state index in [9.17, 15) is 10.1 Å². The van der Waals surface area contributed by atoms with E-state index in [4.69, 9.17) is 23.2 Å². The van der Waals surface area contributed by atoms with E-state index in [0.29, 0.717) is 5.02 Å². The molecule has 0 aliphatic carbocycles. The topological polar surface area (TPSA) is 44.1 Å². The number of hydrogen-bond donors (Lipinski definition) is 0. The van der Waals surface area contributed by atoms with Crippen LogP contribution in [0.2, 0.25) is 10.0 Å². The van der Waals surface area contributed by atoms with Gasteiger partial charge in [-0.15, -0.1) is 0 Å². The fraction of sp³-hybridized carbons (Fsp3) is 0.263. The highest BCUT2D eigenvalue weighted by atomic mass is 35.5. The van der Waals surface area contributed by atoms with E-state index >= 15 is 0 Å². The molecule has 1 unspecified atom stereocenters. The Kier molecular flexibility index (Phi) is 5.54. The Morgan fingerprint density at radius 3 is 2.25 bits per heavy atom. The molecular formula is C19H18Cl2N2O. The van der Waals surface area contributed by atoms with Crippen LogP contribution >= 0.6 is 23.2 Å². The summed E-state index contributed by atoms with van der Waals surface area (Å²) >= 11 is 12.3. The van der Waals surface area contributed by atoms with Crippen LogP contribution in [0, 0.1) is 11.3 Å². The average Bonchev–Trinajstić information content (AvgIpc) is 2.54. The van der Waals surface area contributed by atoms with Crippen LogP contribution in [-0.4, -0.2) is 16.3 Å². The number of carbonyl (C=O) groups is 1. The van der Waals surface area contributed by atoms with Crippen LogP contribution in [0.4, 0.5) is 0 Å². The number of nitriles is 1. The molecule has 3 nitrogen and oxygen atoms in total. The van der Waals surface area contributed by atoms with Gasteiger partial charge in [0.15, 0.2) is 0 Å². The first-order valence-corrected chi connectivity index (χ1v) is 8.25. The monoisotopic (exact) mass is 360 g/mol. The van der Waals surface area contributed by atoms with Gasteiger partial charge in [0.2, 0.25) is 0 Å². The van der Waals surface area contributed by atoms with Crippen LogP contribution in [0.1, 0.15) is 42.7 Å². The zero-order valence-electron chi connectivity index (χ0n) is 13.8. The molecule has 24 heavy (non-hydrogen) atoms. The summed E-state index contributed by atoms with van der Waals surface area (Å²) in [5.74, 6) is -0.328. The molecule has 0 spiro atoms. The van der Waals surface area contributed by atoms with Gasteiger partial charge in [-0.3, -0.25) is 4.79 Å². The molecule has 0 saturated heterocycles. The minimum atomic E-state index is -0.728. The van der Waals surface area contributed by atoms with E-state index in [1.165, 1.54) is 0 Å². The van der Waals surface area contributed by atoms with Gasteiger partial charge in [0, 0.05) is 5.54 Å². The van der Waals surface area contributed by atoms with E-state index in [2.05, 4.69) is 6.07 Å². The predicted molar refractivity (Wildman–Crippen MR) is 97.2 cm³/mol. The number of rotatable bonds is 3. The summed E-state index contributed by atoms with van der Waals surface area (Å²) in [5, 5.41) is 10.2. The second-order valence-electron chi connectivity index (χ2n) is 6.39. The van der Waals surface area contributed by atoms with Gasteiger partial charge in [-0.05, 0) is 38.5 Å². The Balaban J connectivity index is 2.55. The van der Waals surface area contributed by atoms with Crippen LogP contribution in [0.15, 0.2) is 48.5 Å². The lowest BCUT2D eigenvalue weighted by Gasteiger charge is -2.39. The number of nitrogens with zero attached hydrogens (tertiary/aromatic N) is 2. The first-order valence-electron chi connectivity index (χ1n) is 7.49. The number of amides is 1. The maximum absolute atomic E-state index is 13.2. The summed E-state index contributed by atoms with van der Waals surface area (Å²) in [6.07, 6.45) is 0. The van der Waals surface area contributed by atoms with Crippen molar-refractivity contribution in [2.75, 3.05) is 0 Å². The Morgan fingerprint density at radius 2 is 1.71 bits per heavy atom. The maximum atomic E-state index is 13.2. The van der Waals surface area contributed by atoms with Crippen LogP contribution in [0.3, 0.4) is 0 Å². The molecule has 2 rings (SSSR count). The van der Waals surface area contributed by atoms with Crippen molar-refractivity contribution in [3.05, 3.63) is 69.7 Å². The molecule has 0 aromatic heterocycles. The number of benzene rings is 2. The normalized spacial score (nSPS) is 12.3. The SMILES string of the molecule is CC(C)(C)N(C(=O)c1cccc(Cl)c1Cl)C(C#N)c1ccccc1. The number of carbonyl (C=O) groups excluding carboxylic acids is 1.